The summed E-state index contributed by atoms with van der Waals surface area (Å²) in [4.78, 5) is 7.16. The highest BCUT2D eigenvalue weighted by Gasteiger charge is 2.06. The molecular weight excluding hydrogens is 284 g/mol. The molecular formula is C8H7FIN3. The van der Waals surface area contributed by atoms with Crippen LogP contribution in [0.3, 0.4) is 0 Å². The average Bonchev–Trinajstić information content (AvgIpc) is 2.47. The molecule has 0 aliphatic rings. The van der Waals surface area contributed by atoms with Crippen LogP contribution in [0.5, 0.6) is 0 Å². The lowest BCUT2D eigenvalue weighted by atomic mass is 10.3. The van der Waals surface area contributed by atoms with Crippen LogP contribution >= 0.6 is 22.6 Å². The van der Waals surface area contributed by atoms with E-state index in [0.717, 1.165) is 9.09 Å². The molecule has 0 aliphatic carbocycles. The molecule has 0 amide bonds. The Bertz CT molecular complexity index is 452. The lowest BCUT2D eigenvalue weighted by Crippen LogP contribution is -1.97. The van der Waals surface area contributed by atoms with Crippen molar-refractivity contribution in [3.63, 3.8) is 0 Å². The van der Waals surface area contributed by atoms with Crippen LogP contribution in [0.4, 0.5) is 4.39 Å². The predicted molar refractivity (Wildman–Crippen MR) is 56.7 cm³/mol. The van der Waals surface area contributed by atoms with Gasteiger partial charge in [0.2, 0.25) is 0 Å². The molecule has 0 unspecified atom stereocenters. The first-order valence-electron chi connectivity index (χ1n) is 3.74. The molecule has 0 saturated carbocycles. The minimum Gasteiger partial charge on any atom is -0.341 e. The van der Waals surface area contributed by atoms with Crippen molar-refractivity contribution in [3.05, 3.63) is 27.3 Å². The van der Waals surface area contributed by atoms with Crippen LogP contribution in [0.2, 0.25) is 0 Å². The summed E-state index contributed by atoms with van der Waals surface area (Å²) in [6.07, 6.45) is 0. The SMILES string of the molecule is NCc1nc2c(I)cc(F)cc2[nH]1. The van der Waals surface area contributed by atoms with Crippen LogP contribution in [-0.2, 0) is 6.54 Å². The van der Waals surface area contributed by atoms with Gasteiger partial charge in [-0.25, -0.2) is 9.37 Å². The van der Waals surface area contributed by atoms with Gasteiger partial charge in [0.05, 0.1) is 12.1 Å². The van der Waals surface area contributed by atoms with E-state index < -0.39 is 0 Å². The number of imidazole rings is 1. The maximum Gasteiger partial charge on any atom is 0.126 e. The second-order valence-electron chi connectivity index (χ2n) is 2.67. The molecule has 2 rings (SSSR count). The maximum absolute atomic E-state index is 12.9. The Labute approximate surface area is 87.7 Å². The number of benzene rings is 1. The summed E-state index contributed by atoms with van der Waals surface area (Å²) < 4.78 is 13.7. The number of aromatic amines is 1. The van der Waals surface area contributed by atoms with Gasteiger partial charge in [0, 0.05) is 3.57 Å². The standard InChI is InChI=1S/C8H7FIN3/c9-4-1-5(10)8-6(2-4)12-7(3-11)13-8/h1-2H,3,11H2,(H,12,13). The van der Waals surface area contributed by atoms with Gasteiger partial charge in [-0.05, 0) is 34.7 Å². The summed E-state index contributed by atoms with van der Waals surface area (Å²) in [6.45, 7) is 0.340. The predicted octanol–water partition coefficient (Wildman–Crippen LogP) is 1.77. The lowest BCUT2D eigenvalue weighted by Gasteiger charge is -1.92. The van der Waals surface area contributed by atoms with Gasteiger partial charge in [0.15, 0.2) is 0 Å². The summed E-state index contributed by atoms with van der Waals surface area (Å²) >= 11 is 2.05. The van der Waals surface area contributed by atoms with Crippen molar-refractivity contribution in [3.8, 4) is 0 Å². The number of rotatable bonds is 1. The van der Waals surface area contributed by atoms with Gasteiger partial charge in [-0.1, -0.05) is 0 Å². The van der Waals surface area contributed by atoms with E-state index in [1.165, 1.54) is 12.1 Å². The fourth-order valence-electron chi connectivity index (χ4n) is 1.19. The van der Waals surface area contributed by atoms with Gasteiger partial charge in [-0.2, -0.15) is 0 Å². The molecule has 13 heavy (non-hydrogen) atoms. The van der Waals surface area contributed by atoms with Crippen molar-refractivity contribution in [2.75, 3.05) is 0 Å². The van der Waals surface area contributed by atoms with Crippen LogP contribution in [0.1, 0.15) is 5.82 Å². The highest BCUT2D eigenvalue weighted by molar-refractivity contribution is 14.1. The van der Waals surface area contributed by atoms with Crippen molar-refractivity contribution in [1.82, 2.24) is 9.97 Å². The van der Waals surface area contributed by atoms with Gasteiger partial charge in [-0.3, -0.25) is 0 Å². The number of fused-ring (bicyclic) bond motifs is 1. The highest BCUT2D eigenvalue weighted by atomic mass is 127. The monoisotopic (exact) mass is 291 g/mol. The highest BCUT2D eigenvalue weighted by Crippen LogP contribution is 2.19. The van der Waals surface area contributed by atoms with E-state index in [9.17, 15) is 4.39 Å². The molecule has 0 radical (unpaired) electrons. The van der Waals surface area contributed by atoms with Crippen molar-refractivity contribution in [2.24, 2.45) is 5.73 Å². The summed E-state index contributed by atoms with van der Waals surface area (Å²) in [5, 5.41) is 0. The van der Waals surface area contributed by atoms with Crippen molar-refractivity contribution in [2.45, 2.75) is 6.54 Å². The molecule has 0 fully saturated rings. The number of hydrogen-bond acceptors (Lipinski definition) is 2. The molecule has 1 aromatic carbocycles. The molecule has 1 aromatic heterocycles. The Hall–Kier alpha value is -0.690. The Balaban J connectivity index is 2.75. The van der Waals surface area contributed by atoms with Crippen LogP contribution in [0.15, 0.2) is 12.1 Å². The van der Waals surface area contributed by atoms with Crippen LogP contribution in [0, 0.1) is 9.39 Å². The Morgan fingerprint density at radius 2 is 2.31 bits per heavy atom. The number of nitrogens with zero attached hydrogens (tertiary/aromatic N) is 1. The normalized spacial score (nSPS) is 11.0. The summed E-state index contributed by atoms with van der Waals surface area (Å²) in [6, 6.07) is 2.87. The van der Waals surface area contributed by atoms with Crippen molar-refractivity contribution in [1.29, 1.82) is 0 Å². The fraction of sp³-hybridized carbons (Fsp3) is 0.125. The Morgan fingerprint density at radius 1 is 1.54 bits per heavy atom. The lowest BCUT2D eigenvalue weighted by molar-refractivity contribution is 0.628. The fourth-order valence-corrected chi connectivity index (χ4v) is 1.90. The summed E-state index contributed by atoms with van der Waals surface area (Å²) in [5.41, 5.74) is 6.89. The molecule has 0 atom stereocenters. The molecule has 0 saturated heterocycles. The molecule has 68 valence electrons. The number of nitrogens with two attached hydrogens (primary N) is 1. The van der Waals surface area contributed by atoms with Gasteiger partial charge < -0.3 is 10.7 Å². The Morgan fingerprint density at radius 3 is 3.00 bits per heavy atom. The van der Waals surface area contributed by atoms with Crippen LogP contribution in [-0.4, -0.2) is 9.97 Å². The minimum atomic E-state index is -0.260. The molecule has 3 N–H and O–H groups in total. The maximum atomic E-state index is 12.9. The van der Waals surface area contributed by atoms with Gasteiger partial charge in [-0.15, -0.1) is 0 Å². The second kappa shape index (κ2) is 3.22. The van der Waals surface area contributed by atoms with Crippen molar-refractivity contribution < 1.29 is 4.39 Å². The van der Waals surface area contributed by atoms with E-state index in [4.69, 9.17) is 5.73 Å². The molecule has 2 aromatic rings. The zero-order valence-electron chi connectivity index (χ0n) is 6.64. The van der Waals surface area contributed by atoms with E-state index in [-0.39, 0.29) is 5.82 Å². The smallest absolute Gasteiger partial charge is 0.126 e. The third-order valence-corrected chi connectivity index (χ3v) is 2.57. The van der Waals surface area contributed by atoms with Gasteiger partial charge in [0.1, 0.15) is 17.2 Å². The van der Waals surface area contributed by atoms with E-state index >= 15 is 0 Å². The molecule has 3 nitrogen and oxygen atoms in total. The number of nitrogens with one attached hydrogen (secondary N) is 1. The molecule has 0 aliphatic heterocycles. The first-order chi connectivity index (χ1) is 6.20. The molecule has 0 spiro atoms. The first-order valence-corrected chi connectivity index (χ1v) is 4.82. The largest absolute Gasteiger partial charge is 0.341 e. The van der Waals surface area contributed by atoms with Crippen LogP contribution < -0.4 is 5.73 Å². The zero-order chi connectivity index (χ0) is 9.42. The third kappa shape index (κ3) is 1.53. The molecule has 0 bridgehead atoms. The van der Waals surface area contributed by atoms with Gasteiger partial charge >= 0.3 is 0 Å². The van der Waals surface area contributed by atoms with Crippen LogP contribution in [0.25, 0.3) is 11.0 Å². The first kappa shape index (κ1) is 8.89. The summed E-state index contributed by atoms with van der Waals surface area (Å²) in [5.74, 6) is 0.419. The number of H-pyrrole nitrogens is 1. The van der Waals surface area contributed by atoms with E-state index in [2.05, 4.69) is 32.6 Å². The summed E-state index contributed by atoms with van der Waals surface area (Å²) in [7, 11) is 0. The number of aromatic nitrogens is 2. The van der Waals surface area contributed by atoms with Crippen molar-refractivity contribution >= 4 is 33.6 Å². The second-order valence-corrected chi connectivity index (χ2v) is 3.83. The quantitative estimate of drug-likeness (QED) is 0.787. The van der Waals surface area contributed by atoms with E-state index in [1.54, 1.807) is 0 Å². The van der Waals surface area contributed by atoms with Gasteiger partial charge in [0.25, 0.3) is 0 Å². The number of hydrogen-bond donors (Lipinski definition) is 2. The Kier molecular flexibility index (Phi) is 2.20. The van der Waals surface area contributed by atoms with E-state index in [1.807, 2.05) is 0 Å². The average molecular weight is 291 g/mol. The number of halogens is 2. The topological polar surface area (TPSA) is 54.7 Å². The third-order valence-electron chi connectivity index (χ3n) is 1.75. The molecule has 1 heterocycles. The molecule has 5 heteroatoms. The van der Waals surface area contributed by atoms with E-state index in [0.29, 0.717) is 17.9 Å². The minimum absolute atomic E-state index is 0.260. The zero-order valence-corrected chi connectivity index (χ0v) is 8.80.